The highest BCUT2D eigenvalue weighted by atomic mass is 79.9. The van der Waals surface area contributed by atoms with Crippen LogP contribution in [0.1, 0.15) is 16.1 Å². The molecule has 0 spiro atoms. The molecule has 0 aliphatic carbocycles. The van der Waals surface area contributed by atoms with E-state index in [-0.39, 0.29) is 0 Å². The van der Waals surface area contributed by atoms with E-state index in [1.807, 2.05) is 0 Å². The van der Waals surface area contributed by atoms with Crippen molar-refractivity contribution in [1.82, 2.24) is 0 Å². The molecule has 80 valence electrons. The predicted molar refractivity (Wildman–Crippen MR) is 58.0 cm³/mol. The van der Waals surface area contributed by atoms with Crippen LogP contribution in [0.25, 0.3) is 0 Å². The summed E-state index contributed by atoms with van der Waals surface area (Å²) < 4.78 is 5.03. The SMILES string of the molecule is COC(=O)CC(=O)C(=O)c1cc(Br)cs1. The molecular weight excluding hydrogens is 284 g/mol. The van der Waals surface area contributed by atoms with Crippen LogP contribution in [0.15, 0.2) is 15.9 Å². The maximum Gasteiger partial charge on any atom is 0.313 e. The van der Waals surface area contributed by atoms with E-state index in [1.165, 1.54) is 7.11 Å². The number of ether oxygens (including phenoxy) is 1. The second-order valence-corrected chi connectivity index (χ2v) is 4.46. The van der Waals surface area contributed by atoms with Crippen molar-refractivity contribution in [2.24, 2.45) is 0 Å². The van der Waals surface area contributed by atoms with Gasteiger partial charge in [0.1, 0.15) is 6.42 Å². The molecule has 0 bridgehead atoms. The lowest BCUT2D eigenvalue weighted by atomic mass is 10.2. The largest absolute Gasteiger partial charge is 0.469 e. The first kappa shape index (κ1) is 12.1. The molecule has 1 heterocycles. The Bertz CT molecular complexity index is 410. The van der Waals surface area contributed by atoms with E-state index in [1.54, 1.807) is 11.4 Å². The molecule has 0 aliphatic rings. The van der Waals surface area contributed by atoms with Crippen LogP contribution in [0.3, 0.4) is 0 Å². The quantitative estimate of drug-likeness (QED) is 0.367. The highest BCUT2D eigenvalue weighted by Crippen LogP contribution is 2.20. The third-order valence-corrected chi connectivity index (χ3v) is 3.27. The van der Waals surface area contributed by atoms with E-state index in [9.17, 15) is 14.4 Å². The molecule has 6 heteroatoms. The molecule has 0 atom stereocenters. The van der Waals surface area contributed by atoms with Gasteiger partial charge in [-0.15, -0.1) is 11.3 Å². The Balaban J connectivity index is 2.69. The van der Waals surface area contributed by atoms with E-state index < -0.39 is 24.0 Å². The van der Waals surface area contributed by atoms with Crippen molar-refractivity contribution in [3.05, 3.63) is 20.8 Å². The van der Waals surface area contributed by atoms with Crippen LogP contribution in [0.5, 0.6) is 0 Å². The molecule has 0 N–H and O–H groups in total. The number of rotatable bonds is 4. The van der Waals surface area contributed by atoms with Gasteiger partial charge in [0.05, 0.1) is 12.0 Å². The van der Waals surface area contributed by atoms with Gasteiger partial charge in [-0.05, 0) is 22.0 Å². The second-order valence-electron chi connectivity index (χ2n) is 2.63. The standard InChI is InChI=1S/C9H7BrO4S/c1-14-8(12)3-6(11)9(13)7-2-5(10)4-15-7/h2,4H,3H2,1H3. The first-order valence-corrected chi connectivity index (χ1v) is 5.60. The van der Waals surface area contributed by atoms with Gasteiger partial charge in [0.2, 0.25) is 11.6 Å². The van der Waals surface area contributed by atoms with Gasteiger partial charge in [0, 0.05) is 9.85 Å². The third kappa shape index (κ3) is 3.24. The average Bonchev–Trinajstić information content (AvgIpc) is 2.63. The molecule has 4 nitrogen and oxygen atoms in total. The molecule has 0 fully saturated rings. The Kier molecular flexibility index (Phi) is 4.16. The minimum atomic E-state index is -0.754. The van der Waals surface area contributed by atoms with E-state index in [4.69, 9.17) is 0 Å². The highest BCUT2D eigenvalue weighted by molar-refractivity contribution is 9.10. The smallest absolute Gasteiger partial charge is 0.313 e. The first-order chi connectivity index (χ1) is 7.04. The first-order valence-electron chi connectivity index (χ1n) is 3.93. The van der Waals surface area contributed by atoms with Gasteiger partial charge in [-0.3, -0.25) is 14.4 Å². The Morgan fingerprint density at radius 3 is 2.60 bits per heavy atom. The zero-order valence-corrected chi connectivity index (χ0v) is 10.2. The van der Waals surface area contributed by atoms with Crippen molar-refractivity contribution >= 4 is 44.8 Å². The van der Waals surface area contributed by atoms with Gasteiger partial charge in [-0.1, -0.05) is 0 Å². The van der Waals surface area contributed by atoms with Crippen LogP contribution >= 0.6 is 27.3 Å². The van der Waals surface area contributed by atoms with E-state index in [2.05, 4.69) is 20.7 Å². The van der Waals surface area contributed by atoms with Crippen molar-refractivity contribution in [3.8, 4) is 0 Å². The zero-order chi connectivity index (χ0) is 11.4. The molecule has 0 amide bonds. The van der Waals surface area contributed by atoms with Gasteiger partial charge in [-0.2, -0.15) is 0 Å². The summed E-state index contributed by atoms with van der Waals surface area (Å²) >= 11 is 4.32. The third-order valence-electron chi connectivity index (χ3n) is 1.58. The number of thiophene rings is 1. The van der Waals surface area contributed by atoms with Crippen molar-refractivity contribution in [1.29, 1.82) is 0 Å². The highest BCUT2D eigenvalue weighted by Gasteiger charge is 2.21. The summed E-state index contributed by atoms with van der Waals surface area (Å²) in [7, 11) is 1.17. The summed E-state index contributed by atoms with van der Waals surface area (Å²) in [5.74, 6) is -2.11. The topological polar surface area (TPSA) is 60.4 Å². The van der Waals surface area contributed by atoms with Crippen molar-refractivity contribution in [2.45, 2.75) is 6.42 Å². The van der Waals surface area contributed by atoms with E-state index >= 15 is 0 Å². The molecule has 1 rings (SSSR count). The Morgan fingerprint density at radius 2 is 2.13 bits per heavy atom. The average molecular weight is 291 g/mol. The summed E-state index contributed by atoms with van der Waals surface area (Å²) in [5.41, 5.74) is 0. The van der Waals surface area contributed by atoms with Gasteiger partial charge < -0.3 is 4.74 Å². The number of hydrogen-bond donors (Lipinski definition) is 0. The summed E-state index contributed by atoms with van der Waals surface area (Å²) in [6, 6.07) is 1.54. The summed E-state index contributed by atoms with van der Waals surface area (Å²) in [6.45, 7) is 0. The maximum atomic E-state index is 11.4. The Morgan fingerprint density at radius 1 is 1.47 bits per heavy atom. The van der Waals surface area contributed by atoms with Crippen LogP contribution in [0.2, 0.25) is 0 Å². The van der Waals surface area contributed by atoms with Gasteiger partial charge in [0.25, 0.3) is 0 Å². The number of hydrogen-bond acceptors (Lipinski definition) is 5. The number of halogens is 1. The molecule has 0 aromatic carbocycles. The molecular formula is C9H7BrO4S. The van der Waals surface area contributed by atoms with Crippen molar-refractivity contribution in [2.75, 3.05) is 7.11 Å². The molecule has 0 unspecified atom stereocenters. The van der Waals surface area contributed by atoms with Crippen LogP contribution in [0.4, 0.5) is 0 Å². The van der Waals surface area contributed by atoms with Gasteiger partial charge in [0.15, 0.2) is 0 Å². The zero-order valence-electron chi connectivity index (χ0n) is 7.78. The second kappa shape index (κ2) is 5.18. The maximum absolute atomic E-state index is 11.4. The number of esters is 1. The normalized spacial score (nSPS) is 9.73. The number of carbonyl (C=O) groups excluding carboxylic acids is 3. The summed E-state index contributed by atoms with van der Waals surface area (Å²) in [5, 5.41) is 1.69. The van der Waals surface area contributed by atoms with E-state index in [0.29, 0.717) is 4.88 Å². The van der Waals surface area contributed by atoms with Crippen LogP contribution in [0, 0.1) is 0 Å². The van der Waals surface area contributed by atoms with Gasteiger partial charge in [-0.25, -0.2) is 0 Å². The molecule has 1 aromatic heterocycles. The summed E-state index contributed by atoms with van der Waals surface area (Å²) in [6.07, 6.45) is -0.509. The molecule has 0 radical (unpaired) electrons. The Labute approximate surface area is 98.4 Å². The molecule has 0 aliphatic heterocycles. The fourth-order valence-electron chi connectivity index (χ4n) is 0.853. The molecule has 0 saturated carbocycles. The number of methoxy groups -OCH3 is 1. The molecule has 0 saturated heterocycles. The predicted octanol–water partition coefficient (Wildman–Crippen LogP) is 1.83. The fraction of sp³-hybridized carbons (Fsp3) is 0.222. The van der Waals surface area contributed by atoms with Crippen molar-refractivity contribution in [3.63, 3.8) is 0 Å². The van der Waals surface area contributed by atoms with Crippen molar-refractivity contribution < 1.29 is 19.1 Å². The Hall–Kier alpha value is -1.01. The van der Waals surface area contributed by atoms with Crippen LogP contribution < -0.4 is 0 Å². The lowest BCUT2D eigenvalue weighted by Crippen LogP contribution is -2.17. The summed E-state index contributed by atoms with van der Waals surface area (Å²) in [4.78, 5) is 33.8. The fourth-order valence-corrected chi connectivity index (χ4v) is 2.24. The monoisotopic (exact) mass is 290 g/mol. The minimum Gasteiger partial charge on any atom is -0.469 e. The van der Waals surface area contributed by atoms with Crippen LogP contribution in [-0.4, -0.2) is 24.6 Å². The minimum absolute atomic E-state index is 0.316. The van der Waals surface area contributed by atoms with Crippen LogP contribution in [-0.2, 0) is 14.3 Å². The number of carbonyl (C=O) groups is 3. The number of Topliss-reactive ketones (excluding diaryl/α,β-unsaturated/α-hetero) is 2. The molecule has 15 heavy (non-hydrogen) atoms. The van der Waals surface area contributed by atoms with Gasteiger partial charge >= 0.3 is 5.97 Å². The molecule has 1 aromatic rings. The lowest BCUT2D eigenvalue weighted by molar-refractivity contribution is -0.142. The lowest BCUT2D eigenvalue weighted by Gasteiger charge is -1.96. The number of ketones is 2. The van der Waals surface area contributed by atoms with E-state index in [0.717, 1.165) is 15.8 Å².